The average Bonchev–Trinajstić information content (AvgIpc) is 1.59. The number of nitrogen functional groups attached to an aromatic ring is 2. The SMILES string of the molecule is CC(C)C(=O)OCC1(CO)C/C1=C/n1ccc(N)nc1=O.CCCC(CCC)COC(=O)[C@H](C)C[P@](=O)(OCC1(COC(=O)C(C)C)C/C1=C/n1ccc(N)nc1=O)Oc1ccccc1.CCCC(CCC)COC(=O)[C@H](C)N[P@](=O)(Oc1ccccc1)Oc1c(F)c(F)c(F)c(F)c1F. The number of ether oxygens (including phenoxy) is 4. The van der Waals surface area contributed by atoms with Gasteiger partial charge < -0.3 is 49.1 Å². The zero-order valence-electron chi connectivity index (χ0n) is 57.9. The van der Waals surface area contributed by atoms with Crippen molar-refractivity contribution in [3.05, 3.63) is 146 Å². The van der Waals surface area contributed by atoms with E-state index in [1.165, 1.54) is 64.8 Å². The second-order valence-electron chi connectivity index (χ2n) is 25.3. The molecule has 2 heterocycles. The number of halogens is 5. The number of carbonyl (C=O) groups excluding carboxylic acids is 4. The van der Waals surface area contributed by atoms with Crippen LogP contribution < -0.4 is 41.5 Å². The first kappa shape index (κ1) is 82.4. The maximum atomic E-state index is 14.3. The molecule has 0 amide bonds. The van der Waals surface area contributed by atoms with Crippen molar-refractivity contribution in [2.45, 2.75) is 139 Å². The number of nitrogens with two attached hydrogens (primary N) is 2. The molecule has 0 spiro atoms. The number of anilines is 2. The number of aliphatic hydroxyl groups excluding tert-OH is 1. The van der Waals surface area contributed by atoms with Crippen LogP contribution >= 0.6 is 15.3 Å². The fourth-order valence-corrected chi connectivity index (χ4v) is 13.4. The van der Waals surface area contributed by atoms with Crippen LogP contribution in [0.15, 0.2) is 106 Å². The fraction of sp³-hybridized carbons (Fsp3) is 0.507. The summed E-state index contributed by atoms with van der Waals surface area (Å²) >= 11 is 0. The maximum Gasteiger partial charge on any atom is 0.513 e. The number of aliphatic hydroxyl groups is 1. The van der Waals surface area contributed by atoms with Gasteiger partial charge in [-0.1, -0.05) is 124 Å². The molecule has 100 heavy (non-hydrogen) atoms. The Bertz CT molecular complexity index is 3810. The molecule has 0 bridgehead atoms. The van der Waals surface area contributed by atoms with Crippen LogP contribution in [0.1, 0.15) is 133 Å². The molecule has 5 aromatic rings. The number of para-hydroxylation sites is 2. The van der Waals surface area contributed by atoms with E-state index in [1.807, 2.05) is 13.8 Å². The Labute approximate surface area is 578 Å². The van der Waals surface area contributed by atoms with Crippen molar-refractivity contribution in [3.63, 3.8) is 0 Å². The second-order valence-corrected chi connectivity index (χ2v) is 28.9. The van der Waals surface area contributed by atoms with E-state index in [4.69, 9.17) is 48.5 Å². The largest absolute Gasteiger partial charge is 0.513 e. The molecule has 2 aromatic heterocycles. The molecule has 2 unspecified atom stereocenters. The highest BCUT2D eigenvalue weighted by Crippen LogP contribution is 2.58. The number of esters is 4. The van der Waals surface area contributed by atoms with Gasteiger partial charge in [0.25, 0.3) is 0 Å². The summed E-state index contributed by atoms with van der Waals surface area (Å²) in [7, 11) is -8.88. The van der Waals surface area contributed by atoms with Gasteiger partial charge in [0.2, 0.25) is 34.8 Å². The average molecular weight is 1450 g/mol. The Morgan fingerprint density at radius 2 is 0.980 bits per heavy atom. The molecule has 2 fully saturated rings. The Morgan fingerprint density at radius 1 is 0.570 bits per heavy atom. The van der Waals surface area contributed by atoms with E-state index in [0.29, 0.717) is 25.2 Å². The minimum Gasteiger partial charge on any atom is -0.465 e. The predicted octanol–water partition coefficient (Wildman–Crippen LogP) is 12.9. The van der Waals surface area contributed by atoms with E-state index in [1.54, 1.807) is 83.4 Å². The van der Waals surface area contributed by atoms with Crippen molar-refractivity contribution in [1.82, 2.24) is 24.2 Å². The van der Waals surface area contributed by atoms with E-state index >= 15 is 0 Å². The molecule has 0 radical (unpaired) electrons. The Balaban J connectivity index is 0.000000287. The van der Waals surface area contributed by atoms with Gasteiger partial charge in [-0.3, -0.25) is 32.8 Å². The highest BCUT2D eigenvalue weighted by molar-refractivity contribution is 7.54. The van der Waals surface area contributed by atoms with Crippen LogP contribution in [-0.2, 0) is 51.8 Å². The molecule has 0 saturated heterocycles. The van der Waals surface area contributed by atoms with E-state index in [9.17, 15) is 65.0 Å². The molecule has 3 aromatic carbocycles. The van der Waals surface area contributed by atoms with Gasteiger partial charge in [-0.2, -0.15) is 23.8 Å². The number of benzene rings is 3. The van der Waals surface area contributed by atoms with Gasteiger partial charge in [-0.15, -0.1) is 0 Å². The van der Waals surface area contributed by atoms with Crippen molar-refractivity contribution in [1.29, 1.82) is 0 Å². The van der Waals surface area contributed by atoms with Gasteiger partial charge in [0.15, 0.2) is 0 Å². The van der Waals surface area contributed by atoms with Gasteiger partial charge >= 0.3 is 50.6 Å². The van der Waals surface area contributed by atoms with Crippen LogP contribution in [0, 0.1) is 69.5 Å². The van der Waals surface area contributed by atoms with E-state index < -0.39 is 102 Å². The number of nitrogens with one attached hydrogen (secondary N) is 1. The molecular formula is C69H92F5N7O17P2. The third-order valence-corrected chi connectivity index (χ3v) is 19.5. The molecule has 550 valence electrons. The summed E-state index contributed by atoms with van der Waals surface area (Å²) in [4.78, 5) is 80.6. The summed E-state index contributed by atoms with van der Waals surface area (Å²) in [5, 5.41) is 11.7. The summed E-state index contributed by atoms with van der Waals surface area (Å²) in [5.74, 6) is -16.1. The molecule has 6 atom stereocenters. The van der Waals surface area contributed by atoms with Crippen molar-refractivity contribution in [2.75, 3.05) is 57.3 Å². The van der Waals surface area contributed by atoms with Gasteiger partial charge in [0.1, 0.15) is 42.4 Å². The van der Waals surface area contributed by atoms with Crippen LogP contribution in [-0.4, -0.2) is 99.9 Å². The monoisotopic (exact) mass is 1450 g/mol. The summed E-state index contributed by atoms with van der Waals surface area (Å²) < 4.78 is 143. The van der Waals surface area contributed by atoms with Crippen LogP contribution in [0.2, 0.25) is 0 Å². The van der Waals surface area contributed by atoms with E-state index in [2.05, 4.69) is 28.9 Å². The third kappa shape index (κ3) is 24.8. The first-order chi connectivity index (χ1) is 47.3. The first-order valence-electron chi connectivity index (χ1n) is 33.0. The number of hydrogen-bond donors (Lipinski definition) is 4. The molecule has 7 rings (SSSR count). The zero-order valence-corrected chi connectivity index (χ0v) is 59.7. The smallest absolute Gasteiger partial charge is 0.465 e. The molecule has 2 aliphatic rings. The quantitative estimate of drug-likeness (QED) is 0.00723. The number of hydrogen-bond acceptors (Lipinski definition) is 21. The van der Waals surface area contributed by atoms with Gasteiger partial charge in [-0.05, 0) is 105 Å². The van der Waals surface area contributed by atoms with E-state index in [-0.39, 0.29) is 86.2 Å². The summed E-state index contributed by atoms with van der Waals surface area (Å²) in [5.41, 5.74) is 10.1. The Hall–Kier alpha value is -8.23. The highest BCUT2D eigenvalue weighted by Gasteiger charge is 2.53. The minimum atomic E-state index is -4.94. The Morgan fingerprint density at radius 3 is 1.41 bits per heavy atom. The van der Waals surface area contributed by atoms with Crippen LogP contribution in [0.5, 0.6) is 17.2 Å². The molecule has 6 N–H and O–H groups in total. The number of rotatable bonds is 36. The first-order valence-corrected chi connectivity index (χ1v) is 36.3. The van der Waals surface area contributed by atoms with Gasteiger partial charge in [0, 0.05) is 24.8 Å². The molecular weight excluding hydrogens is 1360 g/mol. The summed E-state index contributed by atoms with van der Waals surface area (Å²) in [6, 6.07) is 17.3. The molecule has 2 aliphatic carbocycles. The number of nitrogens with zero attached hydrogens (tertiary/aromatic N) is 4. The molecule has 31 heteroatoms. The van der Waals surface area contributed by atoms with Crippen molar-refractivity contribution in [2.24, 2.45) is 40.4 Å². The predicted molar refractivity (Wildman–Crippen MR) is 364 cm³/mol. The lowest BCUT2D eigenvalue weighted by atomic mass is 9.99. The molecule has 2 saturated carbocycles. The van der Waals surface area contributed by atoms with Gasteiger partial charge in [-0.25, -0.2) is 31.9 Å². The van der Waals surface area contributed by atoms with Crippen LogP contribution in [0.25, 0.3) is 12.4 Å². The van der Waals surface area contributed by atoms with Crippen molar-refractivity contribution >= 4 is 63.3 Å². The lowest BCUT2D eigenvalue weighted by Crippen LogP contribution is -2.36. The Kier molecular flexibility index (Phi) is 31.8. The fourth-order valence-electron chi connectivity index (χ4n) is 9.90. The lowest BCUT2D eigenvalue weighted by Gasteiger charge is -2.25. The zero-order chi connectivity index (χ0) is 74.1. The maximum absolute atomic E-state index is 14.3. The summed E-state index contributed by atoms with van der Waals surface area (Å²) in [6.07, 6.45) is 14.3. The number of carbonyl (C=O) groups is 4. The lowest BCUT2D eigenvalue weighted by molar-refractivity contribution is -0.150. The molecule has 0 aliphatic heterocycles. The van der Waals surface area contributed by atoms with Crippen LogP contribution in [0.3, 0.4) is 0 Å². The van der Waals surface area contributed by atoms with Crippen molar-refractivity contribution < 1.29 is 92.4 Å². The van der Waals surface area contributed by atoms with E-state index in [0.717, 1.165) is 62.5 Å². The minimum absolute atomic E-state index is 0.0494. The standard InChI is InChI=1S/C32H46N3O8P.C23H27F5NO5P.C14H19N3O4/c1-6-11-25(12-7-2)19-40-30(37)24(5)20-44(39,43-27-13-9-8-10-14-27)42-22-32(21-41-29(36)23(3)4)17-26(32)18-35-16-15-28(33)34-31(35)38;1-4-9-15(10-5-2)13-32-23(30)14(3)29-35(31,33-16-11-7-6-8-12-16)34-22-20(27)18(25)17(24)19(26)21(22)28;1-9(2)12(19)21-8-14(7-18)5-10(14)6-17-4-3-11(15)16-13(17)20/h8-10,13-16,18,23-25H,6-7,11-12,17,19-22H2,1-5H3,(H2,33,34,38);6-8,11-12,14-15H,4-5,9-10,13H2,1-3H3,(H,29,31);3-4,6,9,18H,5,7-8H2,1-2H3,(H2,15,16,20)/b26-18-;;10-6-/t24-,32?,44+;14-,35-;/m10./s1. The normalized spacial score (nSPS) is 18.0. The third-order valence-electron chi connectivity index (χ3n) is 15.9. The topological polar surface area (TPSA) is 330 Å². The van der Waals surface area contributed by atoms with Gasteiger partial charge in [0.05, 0.1) is 61.2 Å². The van der Waals surface area contributed by atoms with Crippen molar-refractivity contribution in [3.8, 4) is 17.2 Å². The molecule has 24 nitrogen and oxygen atoms in total. The number of aromatic nitrogens is 4. The highest BCUT2D eigenvalue weighted by atomic mass is 31.2. The summed E-state index contributed by atoms with van der Waals surface area (Å²) in [6.45, 7) is 18.2. The van der Waals surface area contributed by atoms with Crippen LogP contribution in [0.4, 0.5) is 33.6 Å². The second kappa shape index (κ2) is 38.5.